The van der Waals surface area contributed by atoms with Crippen molar-refractivity contribution in [2.75, 3.05) is 13.6 Å². The molecule has 0 fully saturated rings. The molecule has 0 saturated heterocycles. The third-order valence-corrected chi connectivity index (χ3v) is 4.66. The molecule has 2 heterocycles. The third-order valence-electron chi connectivity index (χ3n) is 4.66. The quantitative estimate of drug-likeness (QED) is 0.900. The molecular formula is C19H23N3O2. The lowest BCUT2D eigenvalue weighted by atomic mass is 9.94. The van der Waals surface area contributed by atoms with Gasteiger partial charge in [-0.1, -0.05) is 31.2 Å². The van der Waals surface area contributed by atoms with E-state index in [0.717, 1.165) is 18.7 Å². The standard InChI is InChI=1S/C19H23N3O2/c1-3-16-8-15(10-18(23)21-16)19(24)20-11-17-9-13-6-4-5-7-14(13)12-22(17)2/h4-8,10,17H,3,9,11-12H2,1-2H3,(H,20,24)(H,21,23). The van der Waals surface area contributed by atoms with Gasteiger partial charge in [-0.3, -0.25) is 14.5 Å². The van der Waals surface area contributed by atoms with Crippen LogP contribution in [0.4, 0.5) is 0 Å². The predicted octanol–water partition coefficient (Wildman–Crippen LogP) is 1.72. The van der Waals surface area contributed by atoms with E-state index in [-0.39, 0.29) is 17.5 Å². The molecule has 1 aromatic carbocycles. The number of pyridine rings is 1. The second-order valence-electron chi connectivity index (χ2n) is 6.36. The summed E-state index contributed by atoms with van der Waals surface area (Å²) < 4.78 is 0. The second-order valence-corrected chi connectivity index (χ2v) is 6.36. The van der Waals surface area contributed by atoms with Crippen molar-refractivity contribution < 1.29 is 4.79 Å². The van der Waals surface area contributed by atoms with E-state index in [1.165, 1.54) is 17.2 Å². The molecule has 2 N–H and O–H groups in total. The van der Waals surface area contributed by atoms with E-state index >= 15 is 0 Å². The minimum absolute atomic E-state index is 0.192. The molecule has 2 aromatic rings. The molecule has 0 bridgehead atoms. The lowest BCUT2D eigenvalue weighted by Crippen LogP contribution is -2.45. The summed E-state index contributed by atoms with van der Waals surface area (Å²) in [7, 11) is 2.08. The smallest absolute Gasteiger partial charge is 0.251 e. The van der Waals surface area contributed by atoms with Crippen molar-refractivity contribution in [3.05, 3.63) is 69.1 Å². The lowest BCUT2D eigenvalue weighted by Gasteiger charge is -2.34. The highest BCUT2D eigenvalue weighted by molar-refractivity contribution is 5.94. The number of carbonyl (C=O) groups is 1. The van der Waals surface area contributed by atoms with E-state index in [4.69, 9.17) is 0 Å². The Morgan fingerprint density at radius 3 is 2.79 bits per heavy atom. The molecule has 0 spiro atoms. The van der Waals surface area contributed by atoms with Crippen LogP contribution in [0.25, 0.3) is 0 Å². The Hall–Kier alpha value is -2.40. The fourth-order valence-corrected chi connectivity index (χ4v) is 3.18. The fraction of sp³-hybridized carbons (Fsp3) is 0.368. The number of aromatic amines is 1. The highest BCUT2D eigenvalue weighted by Crippen LogP contribution is 2.21. The van der Waals surface area contributed by atoms with Gasteiger partial charge in [-0.25, -0.2) is 0 Å². The van der Waals surface area contributed by atoms with E-state index in [1.54, 1.807) is 6.07 Å². The minimum Gasteiger partial charge on any atom is -0.350 e. The molecule has 1 unspecified atom stereocenters. The van der Waals surface area contributed by atoms with Crippen molar-refractivity contribution in [2.45, 2.75) is 32.4 Å². The first-order chi connectivity index (χ1) is 11.6. The van der Waals surface area contributed by atoms with Crippen molar-refractivity contribution in [3.63, 3.8) is 0 Å². The van der Waals surface area contributed by atoms with Crippen LogP contribution >= 0.6 is 0 Å². The highest BCUT2D eigenvalue weighted by atomic mass is 16.2. The van der Waals surface area contributed by atoms with Crippen molar-refractivity contribution in [1.29, 1.82) is 0 Å². The van der Waals surface area contributed by atoms with Crippen molar-refractivity contribution >= 4 is 5.91 Å². The summed E-state index contributed by atoms with van der Waals surface area (Å²) in [6.07, 6.45) is 1.61. The van der Waals surface area contributed by atoms with Crippen LogP contribution in [0.2, 0.25) is 0 Å². The van der Waals surface area contributed by atoms with Crippen molar-refractivity contribution in [1.82, 2.24) is 15.2 Å². The van der Waals surface area contributed by atoms with Crippen LogP contribution in [0.1, 0.15) is 34.1 Å². The first-order valence-electron chi connectivity index (χ1n) is 8.35. The number of benzene rings is 1. The van der Waals surface area contributed by atoms with E-state index in [9.17, 15) is 9.59 Å². The fourth-order valence-electron chi connectivity index (χ4n) is 3.18. The van der Waals surface area contributed by atoms with Crippen LogP contribution in [0.3, 0.4) is 0 Å². The predicted molar refractivity (Wildman–Crippen MR) is 94.2 cm³/mol. The van der Waals surface area contributed by atoms with Gasteiger partial charge < -0.3 is 10.3 Å². The molecule has 5 nitrogen and oxygen atoms in total. The zero-order valence-electron chi connectivity index (χ0n) is 14.1. The van der Waals surface area contributed by atoms with Crippen LogP contribution in [-0.2, 0) is 19.4 Å². The molecular weight excluding hydrogens is 302 g/mol. The molecule has 5 heteroatoms. The Morgan fingerprint density at radius 1 is 1.29 bits per heavy atom. The molecule has 126 valence electrons. The summed E-state index contributed by atoms with van der Waals surface area (Å²) in [5.41, 5.74) is 3.66. The zero-order valence-corrected chi connectivity index (χ0v) is 14.1. The number of rotatable bonds is 4. The van der Waals surface area contributed by atoms with Gasteiger partial charge in [-0.05, 0) is 37.1 Å². The molecule has 1 amide bonds. The maximum Gasteiger partial charge on any atom is 0.251 e. The largest absolute Gasteiger partial charge is 0.350 e. The molecule has 0 aliphatic carbocycles. The SMILES string of the molecule is CCc1cc(C(=O)NCC2Cc3ccccc3CN2C)cc(=O)[nH]1. The van der Waals surface area contributed by atoms with Crippen molar-refractivity contribution in [2.24, 2.45) is 0 Å². The molecule has 24 heavy (non-hydrogen) atoms. The maximum atomic E-state index is 12.4. The van der Waals surface area contributed by atoms with E-state index in [0.29, 0.717) is 18.5 Å². The van der Waals surface area contributed by atoms with Crippen molar-refractivity contribution in [3.8, 4) is 0 Å². The van der Waals surface area contributed by atoms with Gasteiger partial charge >= 0.3 is 0 Å². The number of fused-ring (bicyclic) bond motifs is 1. The van der Waals surface area contributed by atoms with E-state index in [2.05, 4.69) is 46.5 Å². The number of likely N-dealkylation sites (N-methyl/N-ethyl adjacent to an activating group) is 1. The number of H-pyrrole nitrogens is 1. The summed E-state index contributed by atoms with van der Waals surface area (Å²) in [5.74, 6) is -0.192. The van der Waals surface area contributed by atoms with Gasteiger partial charge in [0.2, 0.25) is 5.56 Å². The molecule has 1 atom stereocenters. The summed E-state index contributed by atoms with van der Waals surface area (Å²) in [5, 5.41) is 2.98. The Kier molecular flexibility index (Phi) is 4.81. The summed E-state index contributed by atoms with van der Waals surface area (Å²) in [6.45, 7) is 3.40. The molecule has 0 saturated carbocycles. The number of hydrogen-bond donors (Lipinski definition) is 2. The number of aromatic nitrogens is 1. The molecule has 1 aliphatic rings. The third kappa shape index (κ3) is 3.57. The second kappa shape index (κ2) is 7.01. The topological polar surface area (TPSA) is 65.2 Å². The number of hydrogen-bond acceptors (Lipinski definition) is 3. The monoisotopic (exact) mass is 325 g/mol. The Bertz CT molecular complexity index is 797. The lowest BCUT2D eigenvalue weighted by molar-refractivity contribution is 0.0934. The first-order valence-corrected chi connectivity index (χ1v) is 8.35. The Labute approximate surface area is 141 Å². The Balaban J connectivity index is 1.66. The zero-order chi connectivity index (χ0) is 17.1. The van der Waals surface area contributed by atoms with Crippen LogP contribution in [0.5, 0.6) is 0 Å². The van der Waals surface area contributed by atoms with Gasteiger partial charge in [0.05, 0.1) is 0 Å². The van der Waals surface area contributed by atoms with Crippen LogP contribution in [0, 0.1) is 0 Å². The minimum atomic E-state index is -0.233. The number of nitrogens with zero attached hydrogens (tertiary/aromatic N) is 1. The maximum absolute atomic E-state index is 12.4. The van der Waals surface area contributed by atoms with E-state index in [1.807, 2.05) is 6.92 Å². The van der Waals surface area contributed by atoms with Gasteiger partial charge in [-0.2, -0.15) is 0 Å². The molecule has 1 aliphatic heterocycles. The summed E-state index contributed by atoms with van der Waals surface area (Å²) in [4.78, 5) is 29.0. The molecule has 1 aromatic heterocycles. The average molecular weight is 325 g/mol. The van der Waals surface area contributed by atoms with Crippen LogP contribution in [-0.4, -0.2) is 35.4 Å². The van der Waals surface area contributed by atoms with Gasteiger partial charge in [-0.15, -0.1) is 0 Å². The number of nitrogens with one attached hydrogen (secondary N) is 2. The number of amides is 1. The van der Waals surface area contributed by atoms with Gasteiger partial charge in [0.25, 0.3) is 5.91 Å². The molecule has 3 rings (SSSR count). The number of carbonyl (C=O) groups excluding carboxylic acids is 1. The normalized spacial score (nSPS) is 17.3. The highest BCUT2D eigenvalue weighted by Gasteiger charge is 2.23. The Morgan fingerprint density at radius 2 is 2.04 bits per heavy atom. The van der Waals surface area contributed by atoms with E-state index < -0.39 is 0 Å². The number of aryl methyl sites for hydroxylation is 1. The first kappa shape index (κ1) is 16.5. The van der Waals surface area contributed by atoms with Gasteiger partial charge in [0, 0.05) is 36.5 Å². The molecule has 0 radical (unpaired) electrons. The van der Waals surface area contributed by atoms with Crippen LogP contribution in [0.15, 0.2) is 41.2 Å². The van der Waals surface area contributed by atoms with Gasteiger partial charge in [0.1, 0.15) is 0 Å². The average Bonchev–Trinajstić information content (AvgIpc) is 2.59. The summed E-state index contributed by atoms with van der Waals surface area (Å²) >= 11 is 0. The summed E-state index contributed by atoms with van der Waals surface area (Å²) in [6, 6.07) is 11.8. The van der Waals surface area contributed by atoms with Gasteiger partial charge in [0.15, 0.2) is 0 Å². The van der Waals surface area contributed by atoms with Crippen LogP contribution < -0.4 is 10.9 Å².